The third-order valence-electron chi connectivity index (χ3n) is 5.55. The van der Waals surface area contributed by atoms with E-state index in [1.807, 2.05) is 0 Å². The number of carbonyl (C=O) groups excluding carboxylic acids is 1. The SMILES string of the molecule is CN1C2CCC1CC(N(Cl)C(=O)c1n[nH]c3cc(OC(F)F)ccc13)C2. The standard InChI is InChI=1S/C17H19ClF2N4O2/c1-23-9-2-3-10(23)7-11(6-9)24(18)16(25)15-13-5-4-12(26-17(19)20)8-14(13)21-22-15/h4-5,8-11,17H,2-3,6-7H2,1H3,(H,21,22). The minimum atomic E-state index is -2.91. The summed E-state index contributed by atoms with van der Waals surface area (Å²) >= 11 is 6.40. The number of hydrogen-bond acceptors (Lipinski definition) is 4. The Labute approximate surface area is 154 Å². The molecule has 9 heteroatoms. The number of aromatic amines is 1. The maximum atomic E-state index is 12.8. The second kappa shape index (κ2) is 6.66. The first-order chi connectivity index (χ1) is 12.4. The van der Waals surface area contributed by atoms with Gasteiger partial charge in [0, 0.05) is 35.3 Å². The van der Waals surface area contributed by atoms with Gasteiger partial charge < -0.3 is 9.64 Å². The van der Waals surface area contributed by atoms with Crippen LogP contribution in [-0.4, -0.2) is 57.2 Å². The molecular formula is C17H19ClF2N4O2. The van der Waals surface area contributed by atoms with Crippen LogP contribution in [0.2, 0.25) is 0 Å². The van der Waals surface area contributed by atoms with Gasteiger partial charge in [0.15, 0.2) is 5.69 Å². The molecule has 2 aromatic rings. The third kappa shape index (κ3) is 3.01. The van der Waals surface area contributed by atoms with E-state index in [1.165, 1.54) is 22.6 Å². The lowest BCUT2D eigenvalue weighted by Crippen LogP contribution is -2.47. The van der Waals surface area contributed by atoms with Crippen molar-refractivity contribution in [3.8, 4) is 5.75 Å². The highest BCUT2D eigenvalue weighted by atomic mass is 35.5. The first-order valence-electron chi connectivity index (χ1n) is 8.58. The van der Waals surface area contributed by atoms with Gasteiger partial charge in [0.05, 0.1) is 11.6 Å². The lowest BCUT2D eigenvalue weighted by atomic mass is 9.97. The fraction of sp³-hybridized carbons (Fsp3) is 0.529. The smallest absolute Gasteiger partial charge is 0.387 e. The Hall–Kier alpha value is -1.93. The molecule has 26 heavy (non-hydrogen) atoms. The Morgan fingerprint density at radius 2 is 2.08 bits per heavy atom. The molecule has 2 saturated heterocycles. The van der Waals surface area contributed by atoms with Gasteiger partial charge >= 0.3 is 6.61 Å². The van der Waals surface area contributed by atoms with Crippen molar-refractivity contribution in [3.63, 3.8) is 0 Å². The van der Waals surface area contributed by atoms with E-state index < -0.39 is 6.61 Å². The van der Waals surface area contributed by atoms with Crippen LogP contribution in [0, 0.1) is 0 Å². The molecule has 0 saturated carbocycles. The Balaban J connectivity index is 1.54. The van der Waals surface area contributed by atoms with Gasteiger partial charge in [-0.2, -0.15) is 13.9 Å². The van der Waals surface area contributed by atoms with Gasteiger partial charge in [-0.1, -0.05) is 0 Å². The fourth-order valence-corrected chi connectivity index (χ4v) is 4.41. The normalized spacial score (nSPS) is 25.8. The summed E-state index contributed by atoms with van der Waals surface area (Å²) in [6.45, 7) is -2.91. The molecular weight excluding hydrogens is 366 g/mol. The summed E-state index contributed by atoms with van der Waals surface area (Å²) in [5.41, 5.74) is 0.630. The number of piperidine rings is 1. The zero-order valence-corrected chi connectivity index (χ0v) is 14.9. The first-order valence-corrected chi connectivity index (χ1v) is 8.92. The molecule has 140 valence electrons. The number of benzene rings is 1. The van der Waals surface area contributed by atoms with E-state index in [0.717, 1.165) is 25.7 Å². The second-order valence-corrected chi connectivity index (χ2v) is 7.31. The van der Waals surface area contributed by atoms with Gasteiger partial charge in [0.1, 0.15) is 5.75 Å². The van der Waals surface area contributed by atoms with E-state index in [2.05, 4.69) is 26.9 Å². The monoisotopic (exact) mass is 384 g/mol. The number of aromatic nitrogens is 2. The maximum Gasteiger partial charge on any atom is 0.387 e. The highest BCUT2D eigenvalue weighted by Gasteiger charge is 2.41. The first kappa shape index (κ1) is 17.5. The zero-order chi connectivity index (χ0) is 18.4. The Kier molecular flexibility index (Phi) is 4.48. The van der Waals surface area contributed by atoms with Crippen molar-refractivity contribution >= 4 is 28.6 Å². The Morgan fingerprint density at radius 3 is 2.73 bits per heavy atom. The molecule has 0 radical (unpaired) electrons. The van der Waals surface area contributed by atoms with Gasteiger partial charge in [-0.05, 0) is 44.9 Å². The minimum Gasteiger partial charge on any atom is -0.435 e. The van der Waals surface area contributed by atoms with E-state index in [0.29, 0.717) is 23.0 Å². The fourth-order valence-electron chi connectivity index (χ4n) is 4.17. The van der Waals surface area contributed by atoms with Crippen LogP contribution in [0.15, 0.2) is 18.2 Å². The predicted octanol–water partition coefficient (Wildman–Crippen LogP) is 3.39. The molecule has 3 heterocycles. The van der Waals surface area contributed by atoms with Crippen molar-refractivity contribution in [2.45, 2.75) is 50.4 Å². The molecule has 2 atom stereocenters. The topological polar surface area (TPSA) is 61.5 Å². The average Bonchev–Trinajstić information content (AvgIpc) is 3.08. The van der Waals surface area contributed by atoms with Crippen LogP contribution in [0.3, 0.4) is 0 Å². The number of rotatable bonds is 4. The van der Waals surface area contributed by atoms with Crippen LogP contribution < -0.4 is 4.74 Å². The molecule has 1 N–H and O–H groups in total. The van der Waals surface area contributed by atoms with Gasteiger partial charge in [-0.3, -0.25) is 9.89 Å². The predicted molar refractivity (Wildman–Crippen MR) is 92.3 cm³/mol. The zero-order valence-electron chi connectivity index (χ0n) is 14.2. The van der Waals surface area contributed by atoms with Gasteiger partial charge in [0.25, 0.3) is 5.91 Å². The number of nitrogens with one attached hydrogen (secondary N) is 1. The Bertz CT molecular complexity index is 816. The highest BCUT2D eigenvalue weighted by molar-refractivity contribution is 6.25. The van der Waals surface area contributed by atoms with Crippen LogP contribution in [0.25, 0.3) is 10.9 Å². The average molecular weight is 385 g/mol. The van der Waals surface area contributed by atoms with Crippen LogP contribution in [0.5, 0.6) is 5.75 Å². The molecule has 2 bridgehead atoms. The number of nitrogens with zero attached hydrogens (tertiary/aromatic N) is 3. The number of carbonyl (C=O) groups is 1. The van der Waals surface area contributed by atoms with Crippen LogP contribution in [-0.2, 0) is 0 Å². The molecule has 2 aliphatic heterocycles. The van der Waals surface area contributed by atoms with Crippen LogP contribution in [0.4, 0.5) is 8.78 Å². The van der Waals surface area contributed by atoms with Crippen molar-refractivity contribution in [2.24, 2.45) is 0 Å². The van der Waals surface area contributed by atoms with Crippen molar-refractivity contribution in [1.82, 2.24) is 19.5 Å². The molecule has 4 rings (SSSR count). The molecule has 1 aromatic carbocycles. The number of H-pyrrole nitrogens is 1. The van der Waals surface area contributed by atoms with Gasteiger partial charge in [-0.15, -0.1) is 0 Å². The summed E-state index contributed by atoms with van der Waals surface area (Å²) in [4.78, 5) is 15.2. The number of alkyl halides is 2. The summed E-state index contributed by atoms with van der Waals surface area (Å²) < 4.78 is 30.3. The molecule has 0 aliphatic carbocycles. The van der Waals surface area contributed by atoms with E-state index in [-0.39, 0.29) is 23.4 Å². The summed E-state index contributed by atoms with van der Waals surface area (Å²) in [6.07, 6.45) is 3.96. The van der Waals surface area contributed by atoms with Gasteiger partial charge in [-0.25, -0.2) is 4.42 Å². The molecule has 6 nitrogen and oxygen atoms in total. The molecule has 2 unspecified atom stereocenters. The van der Waals surface area contributed by atoms with E-state index in [9.17, 15) is 13.6 Å². The molecule has 1 amide bonds. The number of hydrogen-bond donors (Lipinski definition) is 1. The largest absolute Gasteiger partial charge is 0.435 e. The third-order valence-corrected chi connectivity index (χ3v) is 5.98. The van der Waals surface area contributed by atoms with Crippen molar-refractivity contribution in [1.29, 1.82) is 0 Å². The summed E-state index contributed by atoms with van der Waals surface area (Å²) in [5, 5.41) is 7.26. The van der Waals surface area contributed by atoms with Crippen molar-refractivity contribution in [2.75, 3.05) is 7.05 Å². The molecule has 1 aromatic heterocycles. The number of amides is 1. The van der Waals surface area contributed by atoms with Gasteiger partial charge in [0.2, 0.25) is 0 Å². The summed E-state index contributed by atoms with van der Waals surface area (Å²) in [7, 11) is 2.12. The second-order valence-electron chi connectivity index (χ2n) is 6.95. The molecule has 2 fully saturated rings. The van der Waals surface area contributed by atoms with Crippen LogP contribution in [0.1, 0.15) is 36.2 Å². The van der Waals surface area contributed by atoms with E-state index >= 15 is 0 Å². The maximum absolute atomic E-state index is 12.8. The minimum absolute atomic E-state index is 0.00442. The quantitative estimate of drug-likeness (QED) is 0.821. The lowest BCUT2D eigenvalue weighted by molar-refractivity contribution is -0.0497. The van der Waals surface area contributed by atoms with E-state index in [4.69, 9.17) is 11.8 Å². The number of halogens is 3. The van der Waals surface area contributed by atoms with Crippen LogP contribution >= 0.6 is 11.8 Å². The van der Waals surface area contributed by atoms with E-state index in [1.54, 1.807) is 0 Å². The Morgan fingerprint density at radius 1 is 1.38 bits per heavy atom. The number of ether oxygens (including phenoxy) is 1. The van der Waals surface area contributed by atoms with Crippen molar-refractivity contribution < 1.29 is 18.3 Å². The highest BCUT2D eigenvalue weighted by Crippen LogP contribution is 2.37. The van der Waals surface area contributed by atoms with Crippen molar-refractivity contribution in [3.05, 3.63) is 23.9 Å². The molecule has 2 aliphatic rings. The summed E-state index contributed by atoms with van der Waals surface area (Å²) in [5.74, 6) is -0.376. The number of fused-ring (bicyclic) bond motifs is 3. The molecule has 0 spiro atoms. The summed E-state index contributed by atoms with van der Waals surface area (Å²) in [6, 6.07) is 5.18. The lowest BCUT2D eigenvalue weighted by Gasteiger charge is -2.38.